The van der Waals surface area contributed by atoms with Crippen molar-refractivity contribution in [2.24, 2.45) is 0 Å². The van der Waals surface area contributed by atoms with Crippen LogP contribution in [-0.2, 0) is 6.54 Å². The highest BCUT2D eigenvalue weighted by Gasteiger charge is 2.23. The maximum absolute atomic E-state index is 13.5. The van der Waals surface area contributed by atoms with E-state index in [9.17, 15) is 4.79 Å². The van der Waals surface area contributed by atoms with Gasteiger partial charge in [-0.2, -0.15) is 0 Å². The fourth-order valence-electron chi connectivity index (χ4n) is 2.96. The second kappa shape index (κ2) is 8.35. The summed E-state index contributed by atoms with van der Waals surface area (Å²) in [6, 6.07) is 23.2. The van der Waals surface area contributed by atoms with E-state index in [1.54, 1.807) is 16.7 Å². The summed E-state index contributed by atoms with van der Waals surface area (Å²) in [5, 5.41) is 1.33. The number of nitrogens with zero attached hydrogens (tertiary/aromatic N) is 2. The fourth-order valence-corrected chi connectivity index (χ4v) is 4.79. The topological polar surface area (TPSA) is 33.2 Å². The zero-order chi connectivity index (χ0) is 19.5. The minimum absolute atomic E-state index is 0.0565. The van der Waals surface area contributed by atoms with Crippen LogP contribution in [0.4, 0.5) is 5.13 Å². The van der Waals surface area contributed by atoms with Crippen LogP contribution < -0.4 is 4.90 Å². The van der Waals surface area contributed by atoms with Crippen LogP contribution in [-0.4, -0.2) is 17.1 Å². The molecule has 3 nitrogen and oxygen atoms in total. The minimum Gasteiger partial charge on any atom is -0.279 e. The molecular weight excluding hydrogens is 408 g/mol. The zero-order valence-electron chi connectivity index (χ0n) is 15.1. The molecule has 6 heteroatoms. The number of anilines is 1. The molecule has 3 aromatic carbocycles. The third kappa shape index (κ3) is 3.92. The Hall–Kier alpha value is -2.34. The summed E-state index contributed by atoms with van der Waals surface area (Å²) >= 11 is 9.18. The van der Waals surface area contributed by atoms with E-state index in [0.29, 0.717) is 22.3 Å². The summed E-state index contributed by atoms with van der Waals surface area (Å²) in [6.45, 7) is 0.454. The predicted molar refractivity (Wildman–Crippen MR) is 120 cm³/mol. The van der Waals surface area contributed by atoms with Gasteiger partial charge in [0.1, 0.15) is 0 Å². The highest BCUT2D eigenvalue weighted by molar-refractivity contribution is 7.98. The van der Waals surface area contributed by atoms with Gasteiger partial charge in [0.2, 0.25) is 0 Å². The first-order chi connectivity index (χ1) is 13.7. The molecule has 0 N–H and O–H groups in total. The second-order valence-electron chi connectivity index (χ2n) is 6.19. The van der Waals surface area contributed by atoms with Crippen molar-refractivity contribution < 1.29 is 4.79 Å². The Morgan fingerprint density at radius 3 is 2.61 bits per heavy atom. The number of fused-ring (bicyclic) bond motifs is 1. The van der Waals surface area contributed by atoms with E-state index in [0.717, 1.165) is 20.7 Å². The average Bonchev–Trinajstić information content (AvgIpc) is 3.15. The highest BCUT2D eigenvalue weighted by Crippen LogP contribution is 2.33. The van der Waals surface area contributed by atoms with Gasteiger partial charge < -0.3 is 0 Å². The smallest absolute Gasteiger partial charge is 0.261 e. The Balaban J connectivity index is 1.79. The zero-order valence-corrected chi connectivity index (χ0v) is 17.5. The monoisotopic (exact) mass is 424 g/mol. The molecule has 0 saturated heterocycles. The van der Waals surface area contributed by atoms with Crippen LogP contribution in [0.1, 0.15) is 15.9 Å². The highest BCUT2D eigenvalue weighted by atomic mass is 35.5. The maximum atomic E-state index is 13.5. The van der Waals surface area contributed by atoms with E-state index in [1.165, 1.54) is 11.3 Å². The van der Waals surface area contributed by atoms with E-state index in [4.69, 9.17) is 16.6 Å². The van der Waals surface area contributed by atoms with Gasteiger partial charge in [-0.1, -0.05) is 65.4 Å². The molecule has 4 aromatic rings. The summed E-state index contributed by atoms with van der Waals surface area (Å²) < 4.78 is 0.964. The molecule has 0 aliphatic carbocycles. The molecule has 1 amide bonds. The lowest BCUT2D eigenvalue weighted by atomic mass is 10.1. The van der Waals surface area contributed by atoms with E-state index in [1.807, 2.05) is 79.1 Å². The van der Waals surface area contributed by atoms with E-state index < -0.39 is 0 Å². The van der Waals surface area contributed by atoms with Crippen LogP contribution in [0.15, 0.2) is 77.7 Å². The lowest BCUT2D eigenvalue weighted by Gasteiger charge is -2.21. The summed E-state index contributed by atoms with van der Waals surface area (Å²) in [4.78, 5) is 20.9. The number of hydrogen-bond donors (Lipinski definition) is 0. The number of benzene rings is 3. The standard InChI is InChI=1S/C22H17ClN2OS2/c1-27-19-10-6-5-9-17(19)21(26)25(14-15-7-3-2-4-8-15)22-24-18-12-11-16(23)13-20(18)28-22/h2-13H,14H2,1H3. The number of halogens is 1. The molecule has 0 unspecified atom stereocenters. The second-order valence-corrected chi connectivity index (χ2v) is 8.48. The Morgan fingerprint density at radius 2 is 1.82 bits per heavy atom. The van der Waals surface area contributed by atoms with Crippen molar-refractivity contribution >= 4 is 56.0 Å². The Bertz CT molecular complexity index is 1130. The molecule has 4 rings (SSSR count). The number of amides is 1. The normalized spacial score (nSPS) is 10.9. The molecule has 0 saturated carbocycles. The van der Waals surface area contributed by atoms with Crippen LogP contribution >= 0.6 is 34.7 Å². The average molecular weight is 425 g/mol. The van der Waals surface area contributed by atoms with E-state index in [2.05, 4.69) is 0 Å². The summed E-state index contributed by atoms with van der Waals surface area (Å²) in [5.74, 6) is -0.0565. The van der Waals surface area contributed by atoms with Crippen molar-refractivity contribution in [3.8, 4) is 0 Å². The van der Waals surface area contributed by atoms with Gasteiger partial charge in [-0.25, -0.2) is 4.98 Å². The van der Waals surface area contributed by atoms with Crippen molar-refractivity contribution in [1.29, 1.82) is 0 Å². The lowest BCUT2D eigenvalue weighted by Crippen LogP contribution is -2.30. The first-order valence-electron chi connectivity index (χ1n) is 8.70. The Morgan fingerprint density at radius 1 is 1.07 bits per heavy atom. The number of carbonyl (C=O) groups is 1. The molecule has 0 aliphatic rings. The number of carbonyl (C=O) groups excluding carboxylic acids is 1. The van der Waals surface area contributed by atoms with Crippen LogP contribution in [0.3, 0.4) is 0 Å². The molecule has 0 bridgehead atoms. The molecule has 0 spiro atoms. The molecule has 0 atom stereocenters. The van der Waals surface area contributed by atoms with Gasteiger partial charge in [0, 0.05) is 9.92 Å². The van der Waals surface area contributed by atoms with Crippen molar-refractivity contribution in [3.05, 3.63) is 88.9 Å². The molecular formula is C22H17ClN2OS2. The fraction of sp³-hybridized carbons (Fsp3) is 0.0909. The third-order valence-corrected chi connectivity index (χ3v) is 6.41. The Kier molecular flexibility index (Phi) is 5.67. The largest absolute Gasteiger partial charge is 0.279 e. The molecule has 0 radical (unpaired) electrons. The van der Waals surface area contributed by atoms with Gasteiger partial charge in [-0.05, 0) is 42.2 Å². The van der Waals surface area contributed by atoms with Crippen molar-refractivity contribution in [2.45, 2.75) is 11.4 Å². The van der Waals surface area contributed by atoms with Crippen LogP contribution in [0, 0.1) is 0 Å². The molecule has 1 heterocycles. The number of hydrogen-bond acceptors (Lipinski definition) is 4. The predicted octanol–water partition coefficient (Wildman–Crippen LogP) is 6.52. The molecule has 0 fully saturated rings. The van der Waals surface area contributed by atoms with E-state index >= 15 is 0 Å². The lowest BCUT2D eigenvalue weighted by molar-refractivity contribution is 0.0982. The van der Waals surface area contributed by atoms with Crippen molar-refractivity contribution in [2.75, 3.05) is 11.2 Å². The first-order valence-corrected chi connectivity index (χ1v) is 11.1. The molecule has 1 aromatic heterocycles. The summed E-state index contributed by atoms with van der Waals surface area (Å²) in [6.07, 6.45) is 1.98. The minimum atomic E-state index is -0.0565. The van der Waals surface area contributed by atoms with Gasteiger partial charge >= 0.3 is 0 Å². The van der Waals surface area contributed by atoms with Crippen LogP contribution in [0.5, 0.6) is 0 Å². The summed E-state index contributed by atoms with van der Waals surface area (Å²) in [7, 11) is 0. The van der Waals surface area contributed by atoms with Gasteiger partial charge in [-0.15, -0.1) is 11.8 Å². The molecule has 28 heavy (non-hydrogen) atoms. The Labute approximate surface area is 177 Å². The molecule has 0 aliphatic heterocycles. The van der Waals surface area contributed by atoms with Gasteiger partial charge in [0.15, 0.2) is 5.13 Å². The van der Waals surface area contributed by atoms with Crippen molar-refractivity contribution in [3.63, 3.8) is 0 Å². The number of thiazole rings is 1. The SMILES string of the molecule is CSc1ccccc1C(=O)N(Cc1ccccc1)c1nc2ccc(Cl)cc2s1. The third-order valence-electron chi connectivity index (χ3n) is 4.34. The summed E-state index contributed by atoms with van der Waals surface area (Å²) in [5.41, 5.74) is 2.58. The van der Waals surface area contributed by atoms with E-state index in [-0.39, 0.29) is 5.91 Å². The number of thioether (sulfide) groups is 1. The van der Waals surface area contributed by atoms with Gasteiger partial charge in [0.25, 0.3) is 5.91 Å². The first kappa shape index (κ1) is 19.0. The van der Waals surface area contributed by atoms with Crippen LogP contribution in [0.25, 0.3) is 10.2 Å². The maximum Gasteiger partial charge on any atom is 0.261 e. The number of aromatic nitrogens is 1. The van der Waals surface area contributed by atoms with Crippen LogP contribution in [0.2, 0.25) is 5.02 Å². The molecule has 140 valence electrons. The quantitative estimate of drug-likeness (QED) is 0.342. The van der Waals surface area contributed by atoms with Gasteiger partial charge in [0.05, 0.1) is 22.3 Å². The van der Waals surface area contributed by atoms with Crippen molar-refractivity contribution in [1.82, 2.24) is 4.98 Å². The number of rotatable bonds is 5. The van der Waals surface area contributed by atoms with Gasteiger partial charge in [-0.3, -0.25) is 9.69 Å².